The number of likely N-dealkylation sites (N-methyl/N-ethyl adjacent to an activating group) is 1. The van der Waals surface area contributed by atoms with Crippen molar-refractivity contribution in [3.05, 3.63) is 40.8 Å². The van der Waals surface area contributed by atoms with E-state index in [9.17, 15) is 17.6 Å². The normalized spacial score (nSPS) is 18.6. The molecule has 9 nitrogen and oxygen atoms in total. The Morgan fingerprint density at radius 2 is 2.00 bits per heavy atom. The first-order chi connectivity index (χ1) is 16.6. The Kier molecular flexibility index (Phi) is 7.25. The fourth-order valence-corrected chi connectivity index (χ4v) is 6.12. The SMILES string of the molecule is COC(=O)c1sc2ncnc(Nc3ccc(F)cc3O[C@@H]3CCCC[C@H]3N(C)S(C)(=O)=O)c2c1C. The van der Waals surface area contributed by atoms with Crippen molar-refractivity contribution in [2.24, 2.45) is 0 Å². The molecule has 0 unspecified atom stereocenters. The second kappa shape index (κ2) is 10.0. The van der Waals surface area contributed by atoms with Gasteiger partial charge in [-0.25, -0.2) is 27.6 Å². The first kappa shape index (κ1) is 25.3. The molecule has 1 N–H and O–H groups in total. The van der Waals surface area contributed by atoms with Crippen molar-refractivity contribution in [3.8, 4) is 5.75 Å². The van der Waals surface area contributed by atoms with Crippen molar-refractivity contribution in [2.75, 3.05) is 25.7 Å². The molecule has 3 aromatic rings. The van der Waals surface area contributed by atoms with Gasteiger partial charge in [0.15, 0.2) is 0 Å². The monoisotopic (exact) mass is 522 g/mol. The van der Waals surface area contributed by atoms with Gasteiger partial charge in [0.25, 0.3) is 0 Å². The zero-order valence-corrected chi connectivity index (χ0v) is 21.5. The van der Waals surface area contributed by atoms with Crippen LogP contribution in [0.25, 0.3) is 10.2 Å². The number of rotatable bonds is 7. The van der Waals surface area contributed by atoms with E-state index in [-0.39, 0.29) is 11.8 Å². The number of fused-ring (bicyclic) bond motifs is 1. The topological polar surface area (TPSA) is 111 Å². The Labute approximate surface area is 207 Å². The quantitative estimate of drug-likeness (QED) is 0.459. The van der Waals surface area contributed by atoms with E-state index in [1.165, 1.54) is 47.5 Å². The lowest BCUT2D eigenvalue weighted by Gasteiger charge is -2.37. The molecule has 0 spiro atoms. The summed E-state index contributed by atoms with van der Waals surface area (Å²) in [5.74, 6) is -0.261. The maximum Gasteiger partial charge on any atom is 0.348 e. The highest BCUT2D eigenvalue weighted by molar-refractivity contribution is 7.88. The van der Waals surface area contributed by atoms with Crippen LogP contribution < -0.4 is 10.1 Å². The molecule has 188 valence electrons. The predicted octanol–water partition coefficient (Wildman–Crippen LogP) is 4.25. The second-order valence-electron chi connectivity index (χ2n) is 8.50. The third-order valence-corrected chi connectivity index (χ3v) is 8.73. The highest BCUT2D eigenvalue weighted by Gasteiger charge is 2.34. The van der Waals surface area contributed by atoms with E-state index in [0.29, 0.717) is 45.0 Å². The molecule has 0 bridgehead atoms. The molecule has 1 saturated carbocycles. The fraction of sp³-hybridized carbons (Fsp3) is 0.435. The van der Waals surface area contributed by atoms with E-state index in [1.807, 2.05) is 0 Å². The molecule has 0 aliphatic heterocycles. The van der Waals surface area contributed by atoms with Crippen LogP contribution in [0.3, 0.4) is 0 Å². The van der Waals surface area contributed by atoms with Gasteiger partial charge in [-0.3, -0.25) is 0 Å². The van der Waals surface area contributed by atoms with Crippen LogP contribution in [-0.4, -0.2) is 61.2 Å². The van der Waals surface area contributed by atoms with Crippen molar-refractivity contribution in [2.45, 2.75) is 44.8 Å². The molecule has 0 radical (unpaired) electrons. The number of nitrogens with one attached hydrogen (secondary N) is 1. The minimum Gasteiger partial charge on any atom is -0.486 e. The molecule has 0 saturated heterocycles. The summed E-state index contributed by atoms with van der Waals surface area (Å²) in [4.78, 5) is 21.8. The Bertz CT molecular complexity index is 1360. The van der Waals surface area contributed by atoms with E-state index in [2.05, 4.69) is 15.3 Å². The number of anilines is 2. The van der Waals surface area contributed by atoms with Crippen LogP contribution in [0, 0.1) is 12.7 Å². The molecule has 2 atom stereocenters. The third-order valence-electron chi connectivity index (χ3n) is 6.23. The number of carbonyl (C=O) groups excluding carboxylic acids is 1. The van der Waals surface area contributed by atoms with Gasteiger partial charge in [0.05, 0.1) is 30.5 Å². The first-order valence-electron chi connectivity index (χ1n) is 11.1. The Hall–Kier alpha value is -2.83. The number of aromatic nitrogens is 2. The highest BCUT2D eigenvalue weighted by Crippen LogP contribution is 2.38. The zero-order chi connectivity index (χ0) is 25.3. The van der Waals surface area contributed by atoms with Gasteiger partial charge >= 0.3 is 5.97 Å². The van der Waals surface area contributed by atoms with Gasteiger partial charge in [-0.2, -0.15) is 4.31 Å². The summed E-state index contributed by atoms with van der Waals surface area (Å²) < 4.78 is 51.0. The number of halogens is 1. The number of carbonyl (C=O) groups is 1. The average molecular weight is 523 g/mol. The number of methoxy groups -OCH3 is 1. The van der Waals surface area contributed by atoms with Crippen LogP contribution in [0.2, 0.25) is 0 Å². The molecule has 4 rings (SSSR count). The molecular weight excluding hydrogens is 495 g/mol. The van der Waals surface area contributed by atoms with E-state index in [0.717, 1.165) is 12.8 Å². The van der Waals surface area contributed by atoms with Gasteiger partial charge < -0.3 is 14.8 Å². The number of aryl methyl sites for hydroxylation is 1. The lowest BCUT2D eigenvalue weighted by atomic mass is 9.92. The van der Waals surface area contributed by atoms with E-state index < -0.39 is 27.9 Å². The van der Waals surface area contributed by atoms with Crippen molar-refractivity contribution in [1.82, 2.24) is 14.3 Å². The second-order valence-corrected chi connectivity index (χ2v) is 11.5. The van der Waals surface area contributed by atoms with Crippen LogP contribution >= 0.6 is 11.3 Å². The van der Waals surface area contributed by atoms with Crippen molar-refractivity contribution < 1.29 is 27.1 Å². The maximum absolute atomic E-state index is 14.2. The van der Waals surface area contributed by atoms with Gasteiger partial charge in [0.2, 0.25) is 10.0 Å². The number of esters is 1. The molecule has 1 aliphatic rings. The molecule has 2 heterocycles. The van der Waals surface area contributed by atoms with E-state index in [4.69, 9.17) is 9.47 Å². The zero-order valence-electron chi connectivity index (χ0n) is 19.9. The molecule has 35 heavy (non-hydrogen) atoms. The smallest absolute Gasteiger partial charge is 0.348 e. The Balaban J connectivity index is 1.69. The number of sulfonamides is 1. The largest absolute Gasteiger partial charge is 0.486 e. The highest BCUT2D eigenvalue weighted by atomic mass is 32.2. The van der Waals surface area contributed by atoms with E-state index >= 15 is 0 Å². The first-order valence-corrected chi connectivity index (χ1v) is 13.7. The van der Waals surface area contributed by atoms with Crippen LogP contribution in [0.15, 0.2) is 24.5 Å². The number of hydrogen-bond donors (Lipinski definition) is 1. The fourth-order valence-electron chi connectivity index (χ4n) is 4.32. The summed E-state index contributed by atoms with van der Waals surface area (Å²) in [5, 5.41) is 3.85. The lowest BCUT2D eigenvalue weighted by molar-refractivity contribution is 0.0605. The minimum atomic E-state index is -3.42. The summed E-state index contributed by atoms with van der Waals surface area (Å²) in [6.07, 6.45) is 5.17. The summed E-state index contributed by atoms with van der Waals surface area (Å²) in [7, 11) is -0.558. The molecule has 1 aromatic carbocycles. The summed E-state index contributed by atoms with van der Waals surface area (Å²) in [6, 6.07) is 3.75. The van der Waals surface area contributed by atoms with Crippen molar-refractivity contribution in [3.63, 3.8) is 0 Å². The number of thiophene rings is 1. The van der Waals surface area contributed by atoms with E-state index in [1.54, 1.807) is 20.0 Å². The van der Waals surface area contributed by atoms with Gasteiger partial charge in [-0.05, 0) is 43.9 Å². The van der Waals surface area contributed by atoms with Gasteiger partial charge in [0.1, 0.15) is 39.5 Å². The van der Waals surface area contributed by atoms with Crippen molar-refractivity contribution >= 4 is 49.1 Å². The minimum absolute atomic E-state index is 0.247. The molecular formula is C23H27FN4O5S2. The Morgan fingerprint density at radius 1 is 1.26 bits per heavy atom. The van der Waals surface area contributed by atoms with Crippen LogP contribution in [0.4, 0.5) is 15.9 Å². The average Bonchev–Trinajstić information content (AvgIpc) is 3.17. The third kappa shape index (κ3) is 5.24. The Morgan fingerprint density at radius 3 is 2.71 bits per heavy atom. The standard InChI is InChI=1S/C23H27FN4O5S2/c1-13-19-21(25-12-26-22(19)34-20(13)23(29)32-3)27-15-10-9-14(24)11-18(15)33-17-8-6-5-7-16(17)28(2)35(4,30)31/h9-12,16-17H,5-8H2,1-4H3,(H,25,26,27)/t16-,17-/m1/s1. The maximum atomic E-state index is 14.2. The molecule has 1 fully saturated rings. The predicted molar refractivity (Wildman–Crippen MR) is 132 cm³/mol. The molecule has 2 aromatic heterocycles. The van der Waals surface area contributed by atoms with Gasteiger partial charge in [-0.1, -0.05) is 6.42 Å². The van der Waals surface area contributed by atoms with Crippen LogP contribution in [-0.2, 0) is 14.8 Å². The summed E-state index contributed by atoms with van der Waals surface area (Å²) in [6.45, 7) is 1.79. The summed E-state index contributed by atoms with van der Waals surface area (Å²) in [5.41, 5.74) is 1.13. The summed E-state index contributed by atoms with van der Waals surface area (Å²) >= 11 is 1.20. The van der Waals surface area contributed by atoms with Crippen LogP contribution in [0.5, 0.6) is 5.75 Å². The molecule has 1 aliphatic carbocycles. The number of hydrogen-bond acceptors (Lipinski definition) is 9. The van der Waals surface area contributed by atoms with Gasteiger partial charge in [-0.15, -0.1) is 11.3 Å². The van der Waals surface area contributed by atoms with Gasteiger partial charge in [0, 0.05) is 13.1 Å². The van der Waals surface area contributed by atoms with Crippen molar-refractivity contribution in [1.29, 1.82) is 0 Å². The van der Waals surface area contributed by atoms with Crippen LogP contribution in [0.1, 0.15) is 40.9 Å². The lowest BCUT2D eigenvalue weighted by Crippen LogP contribution is -2.48. The molecule has 0 amide bonds. The number of nitrogens with zero attached hydrogens (tertiary/aromatic N) is 3. The number of ether oxygens (including phenoxy) is 2. The number of benzene rings is 1. The molecule has 12 heteroatoms.